The molecule has 1 aromatic heterocycles. The number of alkyl halides is 1. The molecule has 0 atom stereocenters. The van der Waals surface area contributed by atoms with Gasteiger partial charge in [0.15, 0.2) is 5.69 Å². The lowest BCUT2D eigenvalue weighted by Gasteiger charge is -2.00. The fourth-order valence-corrected chi connectivity index (χ4v) is 2.51. The van der Waals surface area contributed by atoms with Gasteiger partial charge < -0.3 is 5.11 Å². The number of thiazole rings is 1. The van der Waals surface area contributed by atoms with Crippen molar-refractivity contribution in [3.05, 3.63) is 41.0 Å². The van der Waals surface area contributed by atoms with Crippen LogP contribution in [0, 0.1) is 0 Å². The van der Waals surface area contributed by atoms with Crippen LogP contribution in [0.25, 0.3) is 10.4 Å². The van der Waals surface area contributed by atoms with Crippen molar-refractivity contribution >= 4 is 33.2 Å². The molecule has 5 heteroatoms. The van der Waals surface area contributed by atoms with Gasteiger partial charge in [0.05, 0.1) is 10.4 Å². The van der Waals surface area contributed by atoms with E-state index >= 15 is 0 Å². The maximum atomic E-state index is 10.9. The molecule has 0 saturated carbocycles. The van der Waals surface area contributed by atoms with E-state index in [9.17, 15) is 4.79 Å². The molecule has 0 aliphatic heterocycles. The zero-order valence-electron chi connectivity index (χ0n) is 8.18. The molecule has 0 fully saturated rings. The van der Waals surface area contributed by atoms with Gasteiger partial charge in [-0.2, -0.15) is 0 Å². The molecule has 0 unspecified atom stereocenters. The molecule has 0 aliphatic carbocycles. The maximum Gasteiger partial charge on any atom is 0.356 e. The smallest absolute Gasteiger partial charge is 0.356 e. The molecule has 0 bridgehead atoms. The fraction of sp³-hybridized carbons (Fsp3) is 0.0909. The zero-order chi connectivity index (χ0) is 11.5. The third-order valence-electron chi connectivity index (χ3n) is 2.14. The Morgan fingerprint density at radius 1 is 1.38 bits per heavy atom. The van der Waals surface area contributed by atoms with Crippen molar-refractivity contribution < 1.29 is 9.90 Å². The van der Waals surface area contributed by atoms with Crippen LogP contribution in [0.1, 0.15) is 16.1 Å². The lowest BCUT2D eigenvalue weighted by Crippen LogP contribution is -1.98. The van der Waals surface area contributed by atoms with Crippen LogP contribution in [0.4, 0.5) is 0 Å². The van der Waals surface area contributed by atoms with Crippen molar-refractivity contribution in [2.24, 2.45) is 0 Å². The number of hydrogen-bond acceptors (Lipinski definition) is 3. The Bertz CT molecular complexity index is 507. The van der Waals surface area contributed by atoms with Crippen LogP contribution in [0.15, 0.2) is 29.8 Å². The molecule has 2 rings (SSSR count). The van der Waals surface area contributed by atoms with Crippen LogP contribution < -0.4 is 0 Å². The lowest BCUT2D eigenvalue weighted by atomic mass is 10.1. The molecule has 2 aromatic rings. The second kappa shape index (κ2) is 4.76. The predicted molar refractivity (Wildman–Crippen MR) is 67.1 cm³/mol. The molecule has 1 heterocycles. The molecule has 16 heavy (non-hydrogen) atoms. The minimum absolute atomic E-state index is 0.122. The highest BCUT2D eigenvalue weighted by Gasteiger charge is 2.14. The number of carbonyl (C=O) groups is 1. The van der Waals surface area contributed by atoms with E-state index in [-0.39, 0.29) is 5.69 Å². The quantitative estimate of drug-likeness (QED) is 0.883. The fourth-order valence-electron chi connectivity index (χ4n) is 1.35. The molecular formula is C11H8BrNO2S. The molecule has 0 amide bonds. The Balaban J connectivity index is 2.42. The molecule has 3 nitrogen and oxygen atoms in total. The van der Waals surface area contributed by atoms with Gasteiger partial charge in [0, 0.05) is 5.33 Å². The normalized spacial score (nSPS) is 10.3. The number of benzene rings is 1. The van der Waals surface area contributed by atoms with Crippen LogP contribution in [0.5, 0.6) is 0 Å². The first kappa shape index (κ1) is 11.3. The van der Waals surface area contributed by atoms with Crippen molar-refractivity contribution in [3.8, 4) is 10.4 Å². The van der Waals surface area contributed by atoms with Gasteiger partial charge in [-0.3, -0.25) is 0 Å². The SMILES string of the molecule is O=C(O)c1ncsc1-c1ccc(CBr)cc1. The minimum Gasteiger partial charge on any atom is -0.476 e. The largest absolute Gasteiger partial charge is 0.476 e. The van der Waals surface area contributed by atoms with Crippen LogP contribution in [-0.4, -0.2) is 16.1 Å². The van der Waals surface area contributed by atoms with Crippen molar-refractivity contribution in [1.29, 1.82) is 0 Å². The van der Waals surface area contributed by atoms with E-state index in [1.807, 2.05) is 24.3 Å². The van der Waals surface area contributed by atoms with Gasteiger partial charge in [0.1, 0.15) is 0 Å². The molecule has 0 aliphatic rings. The lowest BCUT2D eigenvalue weighted by molar-refractivity contribution is 0.0692. The number of rotatable bonds is 3. The van der Waals surface area contributed by atoms with Crippen molar-refractivity contribution in [2.45, 2.75) is 5.33 Å². The van der Waals surface area contributed by atoms with Gasteiger partial charge >= 0.3 is 5.97 Å². The number of halogens is 1. The Morgan fingerprint density at radius 2 is 2.06 bits per heavy atom. The Kier molecular flexibility index (Phi) is 3.36. The molecule has 0 spiro atoms. The highest BCUT2D eigenvalue weighted by molar-refractivity contribution is 9.08. The van der Waals surface area contributed by atoms with E-state index < -0.39 is 5.97 Å². The Labute approximate surface area is 105 Å². The van der Waals surface area contributed by atoms with E-state index in [2.05, 4.69) is 20.9 Å². The maximum absolute atomic E-state index is 10.9. The summed E-state index contributed by atoms with van der Waals surface area (Å²) in [6.07, 6.45) is 0. The topological polar surface area (TPSA) is 50.2 Å². The van der Waals surface area contributed by atoms with Crippen molar-refractivity contribution in [3.63, 3.8) is 0 Å². The summed E-state index contributed by atoms with van der Waals surface area (Å²) in [4.78, 5) is 15.5. The van der Waals surface area contributed by atoms with Gasteiger partial charge in [-0.1, -0.05) is 40.2 Å². The summed E-state index contributed by atoms with van der Waals surface area (Å²) in [5.41, 5.74) is 3.73. The standard InChI is InChI=1S/C11H8BrNO2S/c12-5-7-1-3-8(4-2-7)10-9(11(14)15)13-6-16-10/h1-4,6H,5H2,(H,14,15). The minimum atomic E-state index is -0.985. The highest BCUT2D eigenvalue weighted by Crippen LogP contribution is 2.28. The highest BCUT2D eigenvalue weighted by atomic mass is 79.9. The van der Waals surface area contributed by atoms with E-state index in [0.717, 1.165) is 16.5 Å². The number of hydrogen-bond donors (Lipinski definition) is 1. The number of carboxylic acid groups (broad SMARTS) is 1. The van der Waals surface area contributed by atoms with Crippen LogP contribution in [-0.2, 0) is 5.33 Å². The number of carboxylic acids is 1. The van der Waals surface area contributed by atoms with Crippen molar-refractivity contribution in [2.75, 3.05) is 0 Å². The summed E-state index contributed by atoms with van der Waals surface area (Å²) in [5.74, 6) is -0.985. The number of aromatic nitrogens is 1. The molecule has 1 aromatic carbocycles. The average Bonchev–Trinajstić information content (AvgIpc) is 2.78. The molecule has 0 radical (unpaired) electrons. The summed E-state index contributed by atoms with van der Waals surface area (Å²) in [6, 6.07) is 7.76. The Hall–Kier alpha value is -1.20. The van der Waals surface area contributed by atoms with Crippen LogP contribution in [0.3, 0.4) is 0 Å². The summed E-state index contributed by atoms with van der Waals surface area (Å²) in [7, 11) is 0. The summed E-state index contributed by atoms with van der Waals surface area (Å²) >= 11 is 4.71. The molecule has 0 saturated heterocycles. The first-order valence-electron chi connectivity index (χ1n) is 4.54. The van der Waals surface area contributed by atoms with E-state index in [1.54, 1.807) is 5.51 Å². The predicted octanol–water partition coefficient (Wildman–Crippen LogP) is 3.40. The van der Waals surface area contributed by atoms with Crippen LogP contribution >= 0.6 is 27.3 Å². The van der Waals surface area contributed by atoms with Crippen LogP contribution in [0.2, 0.25) is 0 Å². The van der Waals surface area contributed by atoms with E-state index in [4.69, 9.17) is 5.11 Å². The average molecular weight is 298 g/mol. The molecule has 1 N–H and O–H groups in total. The first-order valence-corrected chi connectivity index (χ1v) is 6.54. The summed E-state index contributed by atoms with van der Waals surface area (Å²) < 4.78 is 0. The van der Waals surface area contributed by atoms with Gasteiger partial charge in [-0.15, -0.1) is 11.3 Å². The van der Waals surface area contributed by atoms with Crippen molar-refractivity contribution in [1.82, 2.24) is 4.98 Å². The first-order chi connectivity index (χ1) is 7.72. The summed E-state index contributed by atoms with van der Waals surface area (Å²) in [6.45, 7) is 0. The van der Waals surface area contributed by atoms with Gasteiger partial charge in [0.2, 0.25) is 0 Å². The monoisotopic (exact) mass is 297 g/mol. The third-order valence-corrected chi connectivity index (χ3v) is 3.66. The summed E-state index contributed by atoms with van der Waals surface area (Å²) in [5, 5.41) is 9.75. The van der Waals surface area contributed by atoms with E-state index in [0.29, 0.717) is 4.88 Å². The third kappa shape index (κ3) is 2.15. The zero-order valence-corrected chi connectivity index (χ0v) is 10.6. The second-order valence-electron chi connectivity index (χ2n) is 3.17. The molecular weight excluding hydrogens is 290 g/mol. The van der Waals surface area contributed by atoms with Gasteiger partial charge in [0.25, 0.3) is 0 Å². The van der Waals surface area contributed by atoms with E-state index in [1.165, 1.54) is 11.3 Å². The second-order valence-corrected chi connectivity index (χ2v) is 4.58. The van der Waals surface area contributed by atoms with Gasteiger partial charge in [-0.25, -0.2) is 9.78 Å². The number of aromatic carboxylic acids is 1. The number of nitrogens with zero attached hydrogens (tertiary/aromatic N) is 1. The molecule has 82 valence electrons. The van der Waals surface area contributed by atoms with Gasteiger partial charge in [-0.05, 0) is 11.1 Å². The Morgan fingerprint density at radius 3 is 2.62 bits per heavy atom.